The average molecular weight is 416 g/mol. The first-order valence-electron chi connectivity index (χ1n) is 9.99. The normalized spacial score (nSPS) is 12.8. The summed E-state index contributed by atoms with van der Waals surface area (Å²) in [4.78, 5) is 41.0. The molecule has 1 heterocycles. The van der Waals surface area contributed by atoms with Crippen LogP contribution >= 0.6 is 0 Å². The number of nitrogens with zero attached hydrogens (tertiary/aromatic N) is 2. The fourth-order valence-electron chi connectivity index (χ4n) is 3.69. The van der Waals surface area contributed by atoms with E-state index in [9.17, 15) is 18.8 Å². The molecular weight excluding hydrogens is 395 g/mol. The van der Waals surface area contributed by atoms with Crippen molar-refractivity contribution in [3.63, 3.8) is 0 Å². The van der Waals surface area contributed by atoms with Crippen LogP contribution in [0.25, 0.3) is 0 Å². The summed E-state index contributed by atoms with van der Waals surface area (Å²) in [6, 6.07) is 20.4. The van der Waals surface area contributed by atoms with Crippen LogP contribution in [0, 0.1) is 5.82 Å². The summed E-state index contributed by atoms with van der Waals surface area (Å²) in [6.45, 7) is 0.367. The molecule has 3 amide bonds. The summed E-state index contributed by atoms with van der Waals surface area (Å²) in [7, 11) is 1.57. The van der Waals surface area contributed by atoms with Gasteiger partial charge in [-0.15, -0.1) is 0 Å². The number of hydrogen-bond donors (Lipinski definition) is 0. The molecular formula is C25H21FN2O3. The van der Waals surface area contributed by atoms with Gasteiger partial charge in [0.25, 0.3) is 17.7 Å². The highest BCUT2D eigenvalue weighted by Gasteiger charge is 2.35. The molecule has 3 aromatic rings. The lowest BCUT2D eigenvalue weighted by molar-refractivity contribution is 0.0655. The van der Waals surface area contributed by atoms with Crippen LogP contribution in [0.2, 0.25) is 0 Å². The molecule has 0 saturated heterocycles. The van der Waals surface area contributed by atoms with E-state index in [4.69, 9.17) is 0 Å². The largest absolute Gasteiger partial charge is 0.337 e. The highest BCUT2D eigenvalue weighted by molar-refractivity contribution is 6.22. The van der Waals surface area contributed by atoms with E-state index in [1.165, 1.54) is 34.1 Å². The third-order valence-electron chi connectivity index (χ3n) is 5.40. The molecule has 1 aliphatic heterocycles. The van der Waals surface area contributed by atoms with Gasteiger partial charge in [0, 0.05) is 31.3 Å². The topological polar surface area (TPSA) is 57.7 Å². The molecule has 0 radical (unpaired) electrons. The van der Waals surface area contributed by atoms with Crippen molar-refractivity contribution in [2.45, 2.75) is 13.0 Å². The quantitative estimate of drug-likeness (QED) is 0.572. The van der Waals surface area contributed by atoms with Crippen molar-refractivity contribution in [3.05, 3.63) is 106 Å². The molecule has 0 atom stereocenters. The molecule has 0 saturated carbocycles. The Kier molecular flexibility index (Phi) is 5.62. The van der Waals surface area contributed by atoms with Gasteiger partial charge in [-0.3, -0.25) is 19.3 Å². The van der Waals surface area contributed by atoms with Gasteiger partial charge in [0.15, 0.2) is 0 Å². The highest BCUT2D eigenvalue weighted by Crippen LogP contribution is 2.25. The molecule has 0 unspecified atom stereocenters. The van der Waals surface area contributed by atoms with Crippen LogP contribution in [-0.2, 0) is 13.0 Å². The Bertz CT molecular complexity index is 1160. The smallest absolute Gasteiger partial charge is 0.261 e. The summed E-state index contributed by atoms with van der Waals surface area (Å²) < 4.78 is 13.9. The molecule has 156 valence electrons. The molecule has 0 spiro atoms. The fraction of sp³-hybridized carbons (Fsp3) is 0.160. The van der Waals surface area contributed by atoms with Gasteiger partial charge < -0.3 is 4.90 Å². The van der Waals surface area contributed by atoms with Crippen molar-refractivity contribution in [1.82, 2.24) is 9.80 Å². The van der Waals surface area contributed by atoms with Gasteiger partial charge in [0.1, 0.15) is 5.82 Å². The summed E-state index contributed by atoms with van der Waals surface area (Å²) in [5.74, 6) is -1.49. The third-order valence-corrected chi connectivity index (χ3v) is 5.40. The molecule has 5 nitrogen and oxygen atoms in total. The van der Waals surface area contributed by atoms with Gasteiger partial charge >= 0.3 is 0 Å². The molecule has 0 bridgehead atoms. The van der Waals surface area contributed by atoms with Gasteiger partial charge in [-0.05, 0) is 36.2 Å². The molecule has 0 fully saturated rings. The van der Waals surface area contributed by atoms with Crippen LogP contribution in [-0.4, -0.2) is 41.1 Å². The van der Waals surface area contributed by atoms with Gasteiger partial charge in [-0.2, -0.15) is 0 Å². The first-order valence-corrected chi connectivity index (χ1v) is 9.99. The number of amides is 3. The SMILES string of the molecule is CN(Cc1ccccc1F)C(=O)c1ccc2c(c1)C(=O)N(CCc1ccccc1)C2=O. The van der Waals surface area contributed by atoms with Gasteiger partial charge in [-0.1, -0.05) is 48.5 Å². The molecule has 3 aromatic carbocycles. The number of fused-ring (bicyclic) bond motifs is 1. The van der Waals surface area contributed by atoms with E-state index in [0.717, 1.165) is 5.56 Å². The second kappa shape index (κ2) is 8.52. The zero-order valence-corrected chi connectivity index (χ0v) is 17.0. The predicted octanol–water partition coefficient (Wildman–Crippen LogP) is 3.94. The van der Waals surface area contributed by atoms with Crippen molar-refractivity contribution >= 4 is 17.7 Å². The van der Waals surface area contributed by atoms with Crippen molar-refractivity contribution in [2.24, 2.45) is 0 Å². The minimum atomic E-state index is -0.401. The van der Waals surface area contributed by atoms with Crippen LogP contribution in [0.15, 0.2) is 72.8 Å². The number of hydrogen-bond acceptors (Lipinski definition) is 3. The summed E-state index contributed by atoms with van der Waals surface area (Å²) >= 11 is 0. The average Bonchev–Trinajstić information content (AvgIpc) is 3.03. The van der Waals surface area contributed by atoms with Gasteiger partial charge in [0.2, 0.25) is 0 Å². The molecule has 31 heavy (non-hydrogen) atoms. The molecule has 4 rings (SSSR count). The Hall–Kier alpha value is -3.80. The highest BCUT2D eigenvalue weighted by atomic mass is 19.1. The van der Waals surface area contributed by atoms with Crippen LogP contribution in [0.3, 0.4) is 0 Å². The molecule has 0 aliphatic carbocycles. The van der Waals surface area contributed by atoms with E-state index in [2.05, 4.69) is 0 Å². The summed E-state index contributed by atoms with van der Waals surface area (Å²) in [5.41, 5.74) is 2.24. The lowest BCUT2D eigenvalue weighted by Gasteiger charge is -2.18. The van der Waals surface area contributed by atoms with E-state index in [-0.39, 0.29) is 41.8 Å². The van der Waals surface area contributed by atoms with Crippen molar-refractivity contribution in [1.29, 1.82) is 0 Å². The number of halogens is 1. The standard InChI is InChI=1S/C25H21FN2O3/c1-27(16-19-9-5-6-10-22(19)26)23(29)18-11-12-20-21(15-18)25(31)28(24(20)30)14-13-17-7-3-2-4-8-17/h2-12,15H,13-14,16H2,1H3. The first kappa shape index (κ1) is 20.5. The lowest BCUT2D eigenvalue weighted by Crippen LogP contribution is -2.31. The predicted molar refractivity (Wildman–Crippen MR) is 114 cm³/mol. The number of imide groups is 1. The maximum Gasteiger partial charge on any atom is 0.261 e. The van der Waals surface area contributed by atoms with Crippen molar-refractivity contribution < 1.29 is 18.8 Å². The number of rotatable bonds is 6. The van der Waals surface area contributed by atoms with Gasteiger partial charge in [0.05, 0.1) is 11.1 Å². The summed E-state index contributed by atoms with van der Waals surface area (Å²) in [5, 5.41) is 0. The summed E-state index contributed by atoms with van der Waals surface area (Å²) in [6.07, 6.45) is 0.559. The zero-order chi connectivity index (χ0) is 22.0. The first-order chi connectivity index (χ1) is 15.0. The Morgan fingerprint density at radius 3 is 2.32 bits per heavy atom. The molecule has 1 aliphatic rings. The Morgan fingerprint density at radius 1 is 0.903 bits per heavy atom. The minimum absolute atomic E-state index is 0.0959. The number of carbonyl (C=O) groups excluding carboxylic acids is 3. The van der Waals surface area contributed by atoms with Crippen LogP contribution in [0.5, 0.6) is 0 Å². The Labute approximate surface area is 179 Å². The van der Waals surface area contributed by atoms with E-state index in [0.29, 0.717) is 17.5 Å². The minimum Gasteiger partial charge on any atom is -0.337 e. The van der Waals surface area contributed by atoms with Crippen LogP contribution in [0.1, 0.15) is 42.2 Å². The van der Waals surface area contributed by atoms with Gasteiger partial charge in [-0.25, -0.2) is 4.39 Å². The van der Waals surface area contributed by atoms with Crippen LogP contribution < -0.4 is 0 Å². The second-order valence-corrected chi connectivity index (χ2v) is 7.51. The lowest BCUT2D eigenvalue weighted by atomic mass is 10.0. The maximum atomic E-state index is 13.9. The van der Waals surface area contributed by atoms with E-state index in [1.807, 2.05) is 30.3 Å². The Balaban J connectivity index is 1.50. The van der Waals surface area contributed by atoms with E-state index < -0.39 is 5.91 Å². The third kappa shape index (κ3) is 4.10. The van der Waals surface area contributed by atoms with Crippen molar-refractivity contribution in [3.8, 4) is 0 Å². The molecule has 6 heteroatoms. The van der Waals surface area contributed by atoms with E-state index >= 15 is 0 Å². The monoisotopic (exact) mass is 416 g/mol. The molecule has 0 N–H and O–H groups in total. The fourth-order valence-corrected chi connectivity index (χ4v) is 3.69. The Morgan fingerprint density at radius 2 is 1.58 bits per heavy atom. The second-order valence-electron chi connectivity index (χ2n) is 7.51. The molecule has 0 aromatic heterocycles. The number of carbonyl (C=O) groups is 3. The van der Waals surface area contributed by atoms with Crippen molar-refractivity contribution in [2.75, 3.05) is 13.6 Å². The van der Waals surface area contributed by atoms with Crippen LogP contribution in [0.4, 0.5) is 4.39 Å². The zero-order valence-electron chi connectivity index (χ0n) is 17.0. The van der Waals surface area contributed by atoms with E-state index in [1.54, 1.807) is 25.2 Å². The number of benzene rings is 3. The maximum absolute atomic E-state index is 13.9.